The lowest BCUT2D eigenvalue weighted by Crippen LogP contribution is -2.05. The Labute approximate surface area is 109 Å². The highest BCUT2D eigenvalue weighted by Gasteiger charge is 2.17. The van der Waals surface area contributed by atoms with E-state index in [1.807, 2.05) is 13.8 Å². The fourth-order valence-corrected chi connectivity index (χ4v) is 1.83. The van der Waals surface area contributed by atoms with Crippen LogP contribution in [0.1, 0.15) is 25.5 Å². The number of aromatic nitrogens is 4. The van der Waals surface area contributed by atoms with Crippen LogP contribution in [0, 0.1) is 0 Å². The molecule has 2 aromatic rings. The summed E-state index contributed by atoms with van der Waals surface area (Å²) in [7, 11) is 0. The Morgan fingerprint density at radius 3 is 2.41 bits per heavy atom. The molecule has 2 N–H and O–H groups in total. The SMILES string of the molecule is CC(C)c1nn(-c2ccc(Cl)nn2)c(N)c1Cl. The fraction of sp³-hybridized carbons (Fsp3) is 0.300. The van der Waals surface area contributed by atoms with Crippen molar-refractivity contribution in [3.05, 3.63) is 28.0 Å². The molecule has 5 nitrogen and oxygen atoms in total. The molecule has 0 aliphatic heterocycles. The zero-order valence-electron chi connectivity index (χ0n) is 9.35. The second kappa shape index (κ2) is 4.50. The van der Waals surface area contributed by atoms with Gasteiger partial charge < -0.3 is 5.73 Å². The van der Waals surface area contributed by atoms with Crippen molar-refractivity contribution in [1.29, 1.82) is 0 Å². The van der Waals surface area contributed by atoms with Crippen molar-refractivity contribution in [1.82, 2.24) is 20.0 Å². The van der Waals surface area contributed by atoms with Crippen LogP contribution in [0.4, 0.5) is 5.82 Å². The standard InChI is InChI=1S/C10H11Cl2N5/c1-5(2)9-8(12)10(13)17(16-9)7-4-3-6(11)14-15-7/h3-5H,13H2,1-2H3. The summed E-state index contributed by atoms with van der Waals surface area (Å²) in [5.41, 5.74) is 6.62. The van der Waals surface area contributed by atoms with Crippen molar-refractivity contribution in [2.24, 2.45) is 0 Å². The minimum absolute atomic E-state index is 0.186. The quantitative estimate of drug-likeness (QED) is 0.912. The number of halogens is 2. The maximum Gasteiger partial charge on any atom is 0.178 e. The smallest absolute Gasteiger partial charge is 0.178 e. The average molecular weight is 272 g/mol. The molecule has 0 saturated carbocycles. The van der Waals surface area contributed by atoms with E-state index in [0.717, 1.165) is 5.69 Å². The van der Waals surface area contributed by atoms with Gasteiger partial charge in [-0.2, -0.15) is 9.78 Å². The predicted octanol–water partition coefficient (Wildman–Crippen LogP) is 2.67. The highest BCUT2D eigenvalue weighted by molar-refractivity contribution is 6.33. The molecular formula is C10H11Cl2N5. The molecule has 2 rings (SSSR count). The van der Waals surface area contributed by atoms with Crippen molar-refractivity contribution in [3.63, 3.8) is 0 Å². The van der Waals surface area contributed by atoms with Crippen LogP contribution in [-0.2, 0) is 0 Å². The van der Waals surface area contributed by atoms with E-state index in [-0.39, 0.29) is 5.92 Å². The summed E-state index contributed by atoms with van der Waals surface area (Å²) >= 11 is 11.8. The van der Waals surface area contributed by atoms with E-state index in [9.17, 15) is 0 Å². The van der Waals surface area contributed by atoms with E-state index in [1.165, 1.54) is 4.68 Å². The highest BCUT2D eigenvalue weighted by Crippen LogP contribution is 2.30. The molecule has 0 radical (unpaired) electrons. The summed E-state index contributed by atoms with van der Waals surface area (Å²) in [6.07, 6.45) is 0. The van der Waals surface area contributed by atoms with Crippen LogP contribution in [0.25, 0.3) is 5.82 Å². The van der Waals surface area contributed by atoms with Crippen molar-refractivity contribution in [3.8, 4) is 5.82 Å². The van der Waals surface area contributed by atoms with Gasteiger partial charge in [0, 0.05) is 0 Å². The monoisotopic (exact) mass is 271 g/mol. The molecule has 0 amide bonds. The Morgan fingerprint density at radius 1 is 1.24 bits per heavy atom. The van der Waals surface area contributed by atoms with Crippen molar-refractivity contribution < 1.29 is 0 Å². The van der Waals surface area contributed by atoms with Crippen LogP contribution in [-0.4, -0.2) is 20.0 Å². The van der Waals surface area contributed by atoms with Gasteiger partial charge in [0.2, 0.25) is 0 Å². The summed E-state index contributed by atoms with van der Waals surface area (Å²) < 4.78 is 1.46. The lowest BCUT2D eigenvalue weighted by atomic mass is 10.1. The van der Waals surface area contributed by atoms with Gasteiger partial charge in [-0.05, 0) is 18.1 Å². The van der Waals surface area contributed by atoms with Gasteiger partial charge in [-0.3, -0.25) is 0 Å². The molecule has 0 aromatic carbocycles. The summed E-state index contributed by atoms with van der Waals surface area (Å²) in [5, 5.41) is 12.7. The molecule has 0 atom stereocenters. The molecule has 0 aliphatic rings. The minimum Gasteiger partial charge on any atom is -0.382 e. The molecule has 7 heteroatoms. The van der Waals surface area contributed by atoms with Crippen LogP contribution >= 0.6 is 23.2 Å². The third kappa shape index (κ3) is 2.21. The van der Waals surface area contributed by atoms with Gasteiger partial charge in [-0.1, -0.05) is 37.0 Å². The average Bonchev–Trinajstić information content (AvgIpc) is 2.58. The Bertz CT molecular complexity index is 532. The summed E-state index contributed by atoms with van der Waals surface area (Å²) in [6.45, 7) is 3.98. The van der Waals surface area contributed by atoms with Crippen LogP contribution in [0.15, 0.2) is 12.1 Å². The van der Waals surface area contributed by atoms with E-state index in [2.05, 4.69) is 15.3 Å². The Hall–Kier alpha value is -1.33. The van der Waals surface area contributed by atoms with E-state index < -0.39 is 0 Å². The molecule has 2 heterocycles. The topological polar surface area (TPSA) is 69.6 Å². The summed E-state index contributed by atoms with van der Waals surface area (Å²) in [6, 6.07) is 3.30. The minimum atomic E-state index is 0.186. The number of nitrogens with zero attached hydrogens (tertiary/aromatic N) is 4. The van der Waals surface area contributed by atoms with E-state index in [1.54, 1.807) is 12.1 Å². The number of nitrogen functional groups attached to an aromatic ring is 1. The number of rotatable bonds is 2. The van der Waals surface area contributed by atoms with Gasteiger partial charge in [0.25, 0.3) is 0 Å². The van der Waals surface area contributed by atoms with Gasteiger partial charge in [0.05, 0.1) is 5.69 Å². The lowest BCUT2D eigenvalue weighted by Gasteiger charge is -2.01. The maximum absolute atomic E-state index is 6.11. The van der Waals surface area contributed by atoms with E-state index in [0.29, 0.717) is 21.8 Å². The van der Waals surface area contributed by atoms with Gasteiger partial charge >= 0.3 is 0 Å². The first-order valence-corrected chi connectivity index (χ1v) is 5.79. The maximum atomic E-state index is 6.11. The van der Waals surface area contributed by atoms with Crippen molar-refractivity contribution >= 4 is 29.0 Å². The third-order valence-corrected chi connectivity index (χ3v) is 2.86. The first kappa shape index (κ1) is 12.1. The first-order chi connectivity index (χ1) is 8.00. The van der Waals surface area contributed by atoms with E-state index >= 15 is 0 Å². The largest absolute Gasteiger partial charge is 0.382 e. The highest BCUT2D eigenvalue weighted by atomic mass is 35.5. The van der Waals surface area contributed by atoms with Gasteiger partial charge in [-0.25, -0.2) is 0 Å². The lowest BCUT2D eigenvalue weighted by molar-refractivity contribution is 0.751. The second-order valence-corrected chi connectivity index (χ2v) is 4.63. The van der Waals surface area contributed by atoms with Crippen LogP contribution < -0.4 is 5.73 Å². The first-order valence-electron chi connectivity index (χ1n) is 5.04. The van der Waals surface area contributed by atoms with Crippen LogP contribution in [0.3, 0.4) is 0 Å². The molecule has 0 bridgehead atoms. The number of nitrogens with two attached hydrogens (primary N) is 1. The predicted molar refractivity (Wildman–Crippen MR) is 67.7 cm³/mol. The molecule has 0 saturated heterocycles. The van der Waals surface area contributed by atoms with Crippen LogP contribution in [0.2, 0.25) is 10.2 Å². The van der Waals surface area contributed by atoms with Crippen molar-refractivity contribution in [2.75, 3.05) is 5.73 Å². The fourth-order valence-electron chi connectivity index (χ4n) is 1.40. The molecular weight excluding hydrogens is 261 g/mol. The molecule has 2 aromatic heterocycles. The second-order valence-electron chi connectivity index (χ2n) is 3.87. The summed E-state index contributed by atoms with van der Waals surface area (Å²) in [5.74, 6) is 1.03. The normalized spacial score (nSPS) is 11.1. The molecule has 0 aliphatic carbocycles. The number of hydrogen-bond donors (Lipinski definition) is 1. The zero-order chi connectivity index (χ0) is 12.6. The molecule has 0 fully saturated rings. The third-order valence-electron chi connectivity index (χ3n) is 2.27. The van der Waals surface area contributed by atoms with Gasteiger partial charge in [0.15, 0.2) is 11.0 Å². The molecule has 17 heavy (non-hydrogen) atoms. The number of hydrogen-bond acceptors (Lipinski definition) is 4. The van der Waals surface area contributed by atoms with Crippen LogP contribution in [0.5, 0.6) is 0 Å². The van der Waals surface area contributed by atoms with Gasteiger partial charge in [-0.15, -0.1) is 10.2 Å². The van der Waals surface area contributed by atoms with E-state index in [4.69, 9.17) is 28.9 Å². The molecule has 0 spiro atoms. The molecule has 90 valence electrons. The Kier molecular flexibility index (Phi) is 3.22. The van der Waals surface area contributed by atoms with Crippen molar-refractivity contribution in [2.45, 2.75) is 19.8 Å². The Balaban J connectivity index is 2.53. The Morgan fingerprint density at radius 2 is 1.94 bits per heavy atom. The zero-order valence-corrected chi connectivity index (χ0v) is 10.9. The molecule has 0 unspecified atom stereocenters. The summed E-state index contributed by atoms with van der Waals surface area (Å²) in [4.78, 5) is 0. The van der Waals surface area contributed by atoms with Gasteiger partial charge in [0.1, 0.15) is 10.8 Å². The number of anilines is 1.